The minimum atomic E-state index is -3.46. The number of hydrogen-bond acceptors (Lipinski definition) is 4. The molecular formula is C16H18N2O4S. The Bertz CT molecular complexity index is 776. The summed E-state index contributed by atoms with van der Waals surface area (Å²) in [6.45, 7) is -0.273. The molecule has 0 saturated heterocycles. The van der Waals surface area contributed by atoms with Crippen LogP contribution in [0.5, 0.6) is 0 Å². The van der Waals surface area contributed by atoms with Gasteiger partial charge in [0, 0.05) is 6.26 Å². The van der Waals surface area contributed by atoms with Crippen LogP contribution in [0.15, 0.2) is 59.5 Å². The molecule has 0 heterocycles. The number of rotatable bonds is 5. The third kappa shape index (κ3) is 4.54. The fourth-order valence-electron chi connectivity index (χ4n) is 2.13. The van der Waals surface area contributed by atoms with E-state index in [1.807, 2.05) is 6.07 Å². The van der Waals surface area contributed by atoms with Crippen LogP contribution in [0.25, 0.3) is 0 Å². The van der Waals surface area contributed by atoms with Crippen molar-refractivity contribution in [1.29, 1.82) is 0 Å². The average molecular weight is 334 g/mol. The predicted octanol–water partition coefficient (Wildman–Crippen LogP) is 1.95. The average Bonchev–Trinajstić information content (AvgIpc) is 2.53. The van der Waals surface area contributed by atoms with E-state index in [0.717, 1.165) is 11.8 Å². The summed E-state index contributed by atoms with van der Waals surface area (Å²) in [6, 6.07) is 14.0. The normalized spacial score (nSPS) is 12.4. The third-order valence-electron chi connectivity index (χ3n) is 3.22. The molecule has 3 N–H and O–H groups in total. The van der Waals surface area contributed by atoms with Crippen molar-refractivity contribution < 1.29 is 18.3 Å². The van der Waals surface area contributed by atoms with Gasteiger partial charge in [-0.05, 0) is 17.7 Å². The van der Waals surface area contributed by atoms with Crippen molar-refractivity contribution in [3.8, 4) is 0 Å². The van der Waals surface area contributed by atoms with E-state index >= 15 is 0 Å². The highest BCUT2D eigenvalue weighted by molar-refractivity contribution is 7.90. The molecule has 0 saturated carbocycles. The molecular weight excluding hydrogens is 316 g/mol. The SMILES string of the molecule is CS(=O)(=O)c1ccccc1NC(=O)N[C@H](CO)c1ccccc1. The molecule has 2 aromatic rings. The van der Waals surface area contributed by atoms with Gasteiger partial charge in [0.1, 0.15) is 0 Å². The van der Waals surface area contributed by atoms with E-state index in [2.05, 4.69) is 10.6 Å². The predicted molar refractivity (Wildman–Crippen MR) is 88.0 cm³/mol. The van der Waals surface area contributed by atoms with Gasteiger partial charge in [-0.25, -0.2) is 13.2 Å². The molecule has 0 aliphatic rings. The number of hydrogen-bond donors (Lipinski definition) is 3. The zero-order valence-electron chi connectivity index (χ0n) is 12.6. The van der Waals surface area contributed by atoms with Gasteiger partial charge >= 0.3 is 6.03 Å². The molecule has 2 amide bonds. The van der Waals surface area contributed by atoms with Crippen LogP contribution in [-0.2, 0) is 9.84 Å². The molecule has 2 aromatic carbocycles. The van der Waals surface area contributed by atoms with Gasteiger partial charge in [0.25, 0.3) is 0 Å². The zero-order valence-corrected chi connectivity index (χ0v) is 13.4. The molecule has 0 unspecified atom stereocenters. The first-order valence-electron chi connectivity index (χ1n) is 6.94. The number of urea groups is 1. The quantitative estimate of drug-likeness (QED) is 0.779. The number of anilines is 1. The Balaban J connectivity index is 2.14. The van der Waals surface area contributed by atoms with E-state index in [0.29, 0.717) is 0 Å². The number of aliphatic hydroxyl groups is 1. The first kappa shape index (κ1) is 17.0. The van der Waals surface area contributed by atoms with E-state index in [1.165, 1.54) is 12.1 Å². The van der Waals surface area contributed by atoms with E-state index in [-0.39, 0.29) is 17.2 Å². The summed E-state index contributed by atoms with van der Waals surface area (Å²) in [5.41, 5.74) is 0.943. The minimum absolute atomic E-state index is 0.0374. The topological polar surface area (TPSA) is 95.5 Å². The van der Waals surface area contributed by atoms with Crippen molar-refractivity contribution in [2.45, 2.75) is 10.9 Å². The molecule has 0 aliphatic carbocycles. The number of para-hydroxylation sites is 1. The summed E-state index contributed by atoms with van der Waals surface area (Å²) in [7, 11) is -3.46. The van der Waals surface area contributed by atoms with Crippen molar-refractivity contribution in [3.05, 3.63) is 60.2 Å². The van der Waals surface area contributed by atoms with Crippen LogP contribution in [0, 0.1) is 0 Å². The van der Waals surface area contributed by atoms with Crippen molar-refractivity contribution >= 4 is 21.6 Å². The monoisotopic (exact) mass is 334 g/mol. The second-order valence-electron chi connectivity index (χ2n) is 5.01. The summed E-state index contributed by atoms with van der Waals surface area (Å²) in [5, 5.41) is 14.6. The second kappa shape index (κ2) is 7.26. The molecule has 0 fully saturated rings. The minimum Gasteiger partial charge on any atom is -0.394 e. The van der Waals surface area contributed by atoms with Crippen molar-refractivity contribution in [1.82, 2.24) is 5.32 Å². The molecule has 7 heteroatoms. The summed E-state index contributed by atoms with van der Waals surface area (Å²) in [5.74, 6) is 0. The summed E-state index contributed by atoms with van der Waals surface area (Å²) >= 11 is 0. The molecule has 0 radical (unpaired) electrons. The lowest BCUT2D eigenvalue weighted by atomic mass is 10.1. The molecule has 0 bridgehead atoms. The van der Waals surface area contributed by atoms with Gasteiger partial charge in [-0.2, -0.15) is 0 Å². The maximum absolute atomic E-state index is 12.1. The molecule has 1 atom stereocenters. The lowest BCUT2D eigenvalue weighted by Gasteiger charge is -2.18. The van der Waals surface area contributed by atoms with Crippen LogP contribution in [0.2, 0.25) is 0 Å². The Morgan fingerprint density at radius 2 is 1.70 bits per heavy atom. The van der Waals surface area contributed by atoms with Crippen LogP contribution >= 0.6 is 0 Å². The van der Waals surface area contributed by atoms with Gasteiger partial charge in [0.15, 0.2) is 9.84 Å². The summed E-state index contributed by atoms with van der Waals surface area (Å²) < 4.78 is 23.4. The molecule has 122 valence electrons. The highest BCUT2D eigenvalue weighted by Gasteiger charge is 2.17. The molecule has 0 aromatic heterocycles. The number of sulfone groups is 1. The Labute approximate surface area is 135 Å². The number of nitrogens with one attached hydrogen (secondary N) is 2. The molecule has 0 aliphatic heterocycles. The van der Waals surface area contributed by atoms with Gasteiger partial charge in [-0.1, -0.05) is 42.5 Å². The number of aliphatic hydroxyl groups excluding tert-OH is 1. The first-order chi connectivity index (χ1) is 10.9. The molecule has 6 nitrogen and oxygen atoms in total. The standard InChI is InChI=1S/C16H18N2O4S/c1-23(21,22)15-10-6-5-9-13(15)17-16(20)18-14(11-19)12-7-3-2-4-8-12/h2-10,14,19H,11H2,1H3,(H2,17,18,20)/t14-/m1/s1. The van der Waals surface area contributed by atoms with Crippen molar-refractivity contribution in [2.24, 2.45) is 0 Å². The maximum atomic E-state index is 12.1. The van der Waals surface area contributed by atoms with Crippen molar-refractivity contribution in [3.63, 3.8) is 0 Å². The number of amides is 2. The number of benzene rings is 2. The van der Waals surface area contributed by atoms with Gasteiger partial charge in [0.2, 0.25) is 0 Å². The maximum Gasteiger partial charge on any atom is 0.319 e. The Morgan fingerprint density at radius 3 is 2.30 bits per heavy atom. The Morgan fingerprint density at radius 1 is 1.09 bits per heavy atom. The number of carbonyl (C=O) groups excluding carboxylic acids is 1. The van der Waals surface area contributed by atoms with Crippen LogP contribution in [0.3, 0.4) is 0 Å². The van der Waals surface area contributed by atoms with Gasteiger partial charge in [-0.3, -0.25) is 0 Å². The molecule has 2 rings (SSSR count). The first-order valence-corrected chi connectivity index (χ1v) is 8.83. The van der Waals surface area contributed by atoms with Gasteiger partial charge < -0.3 is 15.7 Å². The zero-order chi connectivity index (χ0) is 16.9. The summed E-state index contributed by atoms with van der Waals surface area (Å²) in [6.07, 6.45) is 1.08. The molecule has 0 spiro atoms. The summed E-state index contributed by atoms with van der Waals surface area (Å²) in [4.78, 5) is 12.1. The van der Waals surface area contributed by atoms with E-state index in [4.69, 9.17) is 0 Å². The van der Waals surface area contributed by atoms with Gasteiger partial charge in [-0.15, -0.1) is 0 Å². The van der Waals surface area contributed by atoms with E-state index < -0.39 is 21.9 Å². The highest BCUT2D eigenvalue weighted by atomic mass is 32.2. The largest absolute Gasteiger partial charge is 0.394 e. The molecule has 23 heavy (non-hydrogen) atoms. The third-order valence-corrected chi connectivity index (χ3v) is 4.38. The van der Waals surface area contributed by atoms with Crippen molar-refractivity contribution in [2.75, 3.05) is 18.2 Å². The van der Waals surface area contributed by atoms with Crippen LogP contribution in [0.1, 0.15) is 11.6 Å². The smallest absolute Gasteiger partial charge is 0.319 e. The Hall–Kier alpha value is -2.38. The van der Waals surface area contributed by atoms with Crippen LogP contribution in [-0.4, -0.2) is 32.4 Å². The Kier molecular flexibility index (Phi) is 5.36. The van der Waals surface area contributed by atoms with Gasteiger partial charge in [0.05, 0.1) is 23.2 Å². The fraction of sp³-hybridized carbons (Fsp3) is 0.188. The van der Waals surface area contributed by atoms with E-state index in [1.54, 1.807) is 36.4 Å². The lowest BCUT2D eigenvalue weighted by molar-refractivity contribution is 0.225. The lowest BCUT2D eigenvalue weighted by Crippen LogP contribution is -2.34. The number of carbonyl (C=O) groups is 1. The fourth-order valence-corrected chi connectivity index (χ4v) is 2.97. The highest BCUT2D eigenvalue weighted by Crippen LogP contribution is 2.20. The van der Waals surface area contributed by atoms with Crippen LogP contribution < -0.4 is 10.6 Å². The second-order valence-corrected chi connectivity index (χ2v) is 7.00. The van der Waals surface area contributed by atoms with E-state index in [9.17, 15) is 18.3 Å². The van der Waals surface area contributed by atoms with Crippen LogP contribution in [0.4, 0.5) is 10.5 Å².